The number of nitrogens with one attached hydrogen (secondary N) is 1. The molecule has 0 amide bonds. The Kier molecular flexibility index (Phi) is 1.92. The van der Waals surface area contributed by atoms with Crippen molar-refractivity contribution in [3.8, 4) is 0 Å². The molecule has 1 aliphatic heterocycles. The van der Waals surface area contributed by atoms with Gasteiger partial charge >= 0.3 is 0 Å². The largest absolute Gasteiger partial charge is 0.316 e. The summed E-state index contributed by atoms with van der Waals surface area (Å²) in [6, 6.07) is 0. The molecule has 1 N–H and O–H groups in total. The maximum absolute atomic E-state index is 3.51. The van der Waals surface area contributed by atoms with Gasteiger partial charge in [0.1, 0.15) is 0 Å². The zero-order valence-electron chi connectivity index (χ0n) is 7.64. The van der Waals surface area contributed by atoms with Crippen molar-refractivity contribution in [3.05, 3.63) is 0 Å². The molecule has 1 heteroatoms. The van der Waals surface area contributed by atoms with Crippen molar-refractivity contribution in [2.24, 2.45) is 23.7 Å². The molecule has 1 saturated carbocycles. The van der Waals surface area contributed by atoms with Crippen LogP contribution in [-0.4, -0.2) is 13.1 Å². The van der Waals surface area contributed by atoms with E-state index in [9.17, 15) is 0 Å². The molecule has 0 aromatic rings. The maximum Gasteiger partial charge on any atom is -0.00152 e. The highest BCUT2D eigenvalue weighted by molar-refractivity contribution is 4.90. The molecular weight excluding hydrogens is 134 g/mol. The number of piperidine rings is 1. The zero-order chi connectivity index (χ0) is 7.84. The summed E-state index contributed by atoms with van der Waals surface area (Å²) in [5.41, 5.74) is 0. The summed E-state index contributed by atoms with van der Waals surface area (Å²) in [5, 5.41) is 3.51. The summed E-state index contributed by atoms with van der Waals surface area (Å²) in [4.78, 5) is 0. The maximum atomic E-state index is 3.51. The highest BCUT2D eigenvalue weighted by Crippen LogP contribution is 2.43. The number of hydrogen-bond donors (Lipinski definition) is 1. The lowest BCUT2D eigenvalue weighted by Gasteiger charge is -2.30. The van der Waals surface area contributed by atoms with E-state index in [1.807, 2.05) is 0 Å². The van der Waals surface area contributed by atoms with E-state index in [0.717, 1.165) is 23.7 Å². The Labute approximate surface area is 69.6 Å². The van der Waals surface area contributed by atoms with E-state index in [4.69, 9.17) is 0 Å². The first kappa shape index (κ1) is 7.60. The van der Waals surface area contributed by atoms with Crippen LogP contribution in [0.5, 0.6) is 0 Å². The van der Waals surface area contributed by atoms with Crippen molar-refractivity contribution in [2.75, 3.05) is 13.1 Å². The second-order valence-corrected chi connectivity index (χ2v) is 4.51. The molecule has 2 fully saturated rings. The van der Waals surface area contributed by atoms with Crippen molar-refractivity contribution in [2.45, 2.75) is 26.7 Å². The third kappa shape index (κ3) is 1.20. The van der Waals surface area contributed by atoms with Crippen LogP contribution >= 0.6 is 0 Å². The average molecular weight is 153 g/mol. The lowest BCUT2D eigenvalue weighted by molar-refractivity contribution is 0.230. The van der Waals surface area contributed by atoms with Gasteiger partial charge in [-0.1, -0.05) is 13.8 Å². The lowest BCUT2D eigenvalue weighted by atomic mass is 9.83. The van der Waals surface area contributed by atoms with Crippen LogP contribution < -0.4 is 5.32 Å². The van der Waals surface area contributed by atoms with Crippen molar-refractivity contribution in [3.63, 3.8) is 0 Å². The average Bonchev–Trinajstić information content (AvgIpc) is 2.30. The minimum atomic E-state index is 0.975. The molecule has 1 heterocycles. The molecule has 0 bridgehead atoms. The fraction of sp³-hybridized carbons (Fsp3) is 1.00. The number of rotatable bonds is 0. The van der Waals surface area contributed by atoms with Crippen LogP contribution in [-0.2, 0) is 0 Å². The molecular formula is C10H19N. The van der Waals surface area contributed by atoms with Crippen LogP contribution in [0.15, 0.2) is 0 Å². The second-order valence-electron chi connectivity index (χ2n) is 4.51. The Morgan fingerprint density at radius 3 is 2.55 bits per heavy atom. The number of fused-ring (bicyclic) bond motifs is 1. The fourth-order valence-corrected chi connectivity index (χ4v) is 3.17. The Hall–Kier alpha value is -0.0400. The summed E-state index contributed by atoms with van der Waals surface area (Å²) in [6.07, 6.45) is 2.90. The monoisotopic (exact) mass is 153 g/mol. The molecule has 4 unspecified atom stereocenters. The van der Waals surface area contributed by atoms with Gasteiger partial charge in [-0.2, -0.15) is 0 Å². The first-order valence-corrected chi connectivity index (χ1v) is 4.99. The van der Waals surface area contributed by atoms with Gasteiger partial charge in [-0.25, -0.2) is 0 Å². The predicted molar refractivity (Wildman–Crippen MR) is 47.4 cm³/mol. The molecule has 4 atom stereocenters. The molecule has 1 aliphatic carbocycles. The second kappa shape index (κ2) is 2.78. The van der Waals surface area contributed by atoms with Crippen LogP contribution in [0.2, 0.25) is 0 Å². The van der Waals surface area contributed by atoms with Crippen molar-refractivity contribution in [1.82, 2.24) is 5.32 Å². The van der Waals surface area contributed by atoms with Crippen molar-refractivity contribution < 1.29 is 0 Å². The van der Waals surface area contributed by atoms with Crippen LogP contribution in [0, 0.1) is 23.7 Å². The first-order valence-electron chi connectivity index (χ1n) is 4.99. The molecule has 1 saturated heterocycles. The summed E-state index contributed by atoms with van der Waals surface area (Å²) < 4.78 is 0. The summed E-state index contributed by atoms with van der Waals surface area (Å²) in [6.45, 7) is 7.41. The van der Waals surface area contributed by atoms with Gasteiger partial charge in [0.15, 0.2) is 0 Å². The van der Waals surface area contributed by atoms with E-state index in [2.05, 4.69) is 19.2 Å². The van der Waals surface area contributed by atoms with Gasteiger partial charge in [-0.3, -0.25) is 0 Å². The Bertz CT molecular complexity index is 128. The smallest absolute Gasteiger partial charge is 0.00152 e. The van der Waals surface area contributed by atoms with E-state index in [0.29, 0.717) is 0 Å². The molecule has 0 spiro atoms. The minimum absolute atomic E-state index is 0.975. The summed E-state index contributed by atoms with van der Waals surface area (Å²) >= 11 is 0. The fourth-order valence-electron chi connectivity index (χ4n) is 3.17. The Balaban J connectivity index is 2.07. The summed E-state index contributed by atoms with van der Waals surface area (Å²) in [7, 11) is 0. The van der Waals surface area contributed by atoms with Crippen LogP contribution in [0.25, 0.3) is 0 Å². The van der Waals surface area contributed by atoms with Crippen LogP contribution in [0.3, 0.4) is 0 Å². The third-order valence-electron chi connectivity index (χ3n) is 3.79. The molecule has 64 valence electrons. The predicted octanol–water partition coefficient (Wildman–Crippen LogP) is 1.89. The highest BCUT2D eigenvalue weighted by atomic mass is 14.9. The van der Waals surface area contributed by atoms with Crippen molar-refractivity contribution >= 4 is 0 Å². The van der Waals surface area contributed by atoms with Gasteiger partial charge in [0.25, 0.3) is 0 Å². The topological polar surface area (TPSA) is 12.0 Å². The minimum Gasteiger partial charge on any atom is -0.316 e. The number of hydrogen-bond acceptors (Lipinski definition) is 1. The lowest BCUT2D eigenvalue weighted by Crippen LogP contribution is -2.37. The van der Waals surface area contributed by atoms with Gasteiger partial charge in [0.2, 0.25) is 0 Å². The van der Waals surface area contributed by atoms with Crippen LogP contribution in [0.1, 0.15) is 26.7 Å². The Morgan fingerprint density at radius 1 is 1.09 bits per heavy atom. The van der Waals surface area contributed by atoms with Crippen molar-refractivity contribution in [1.29, 1.82) is 0 Å². The van der Waals surface area contributed by atoms with Gasteiger partial charge < -0.3 is 5.32 Å². The molecule has 11 heavy (non-hydrogen) atoms. The van der Waals surface area contributed by atoms with Gasteiger partial charge in [-0.05, 0) is 49.6 Å². The molecule has 0 aromatic carbocycles. The first-order chi connectivity index (χ1) is 5.29. The van der Waals surface area contributed by atoms with E-state index >= 15 is 0 Å². The van der Waals surface area contributed by atoms with Gasteiger partial charge in [-0.15, -0.1) is 0 Å². The standard InChI is InChI=1S/C10H19N/c1-7-5-8(2)10-6-11-4-3-9(7)10/h7-11H,3-6H2,1-2H3. The molecule has 2 rings (SSSR count). The van der Waals surface area contributed by atoms with E-state index < -0.39 is 0 Å². The highest BCUT2D eigenvalue weighted by Gasteiger charge is 2.39. The molecule has 0 radical (unpaired) electrons. The Morgan fingerprint density at radius 2 is 1.82 bits per heavy atom. The zero-order valence-corrected chi connectivity index (χ0v) is 7.64. The molecule has 1 nitrogen and oxygen atoms in total. The van der Waals surface area contributed by atoms with Gasteiger partial charge in [0, 0.05) is 0 Å². The van der Waals surface area contributed by atoms with E-state index in [1.165, 1.54) is 25.9 Å². The van der Waals surface area contributed by atoms with Crippen LogP contribution in [0.4, 0.5) is 0 Å². The normalized spacial score (nSPS) is 50.7. The van der Waals surface area contributed by atoms with Gasteiger partial charge in [0.05, 0.1) is 0 Å². The van der Waals surface area contributed by atoms with E-state index in [1.54, 1.807) is 0 Å². The SMILES string of the molecule is CC1CC(C)C2CNCCC12. The third-order valence-corrected chi connectivity index (χ3v) is 3.79. The quantitative estimate of drug-likeness (QED) is 0.560. The van der Waals surface area contributed by atoms with E-state index in [-0.39, 0.29) is 0 Å². The molecule has 2 aliphatic rings. The summed E-state index contributed by atoms with van der Waals surface area (Å²) in [5.74, 6) is 4.02. The molecule has 0 aromatic heterocycles.